The zero-order valence-electron chi connectivity index (χ0n) is 23.0. The van der Waals surface area contributed by atoms with Crippen LogP contribution in [-0.4, -0.2) is 25.7 Å². The van der Waals surface area contributed by atoms with E-state index in [4.69, 9.17) is 0 Å². The van der Waals surface area contributed by atoms with E-state index in [1.165, 1.54) is 167 Å². The molecular weight excluding hydrogens is 388 g/mol. The summed E-state index contributed by atoms with van der Waals surface area (Å²) in [5.74, 6) is 0. The van der Waals surface area contributed by atoms with Crippen LogP contribution in [0.4, 0.5) is 0 Å². The summed E-state index contributed by atoms with van der Waals surface area (Å²) in [6.45, 7) is 10.6. The smallest absolute Gasteiger partial charge is 0.00649 e. The van der Waals surface area contributed by atoms with Gasteiger partial charge in [0.05, 0.1) is 0 Å². The molecule has 0 bridgehead atoms. The van der Waals surface area contributed by atoms with Gasteiger partial charge in [-0.1, -0.05) is 136 Å². The second kappa shape index (κ2) is 29.0. The summed E-state index contributed by atoms with van der Waals surface area (Å²) in [7, 11) is 0. The highest BCUT2D eigenvalue weighted by molar-refractivity contribution is 4.66. The molecule has 1 unspecified atom stereocenters. The van der Waals surface area contributed by atoms with Crippen LogP contribution in [-0.2, 0) is 0 Å². The maximum Gasteiger partial charge on any atom is 0.00649 e. The third-order valence-corrected chi connectivity index (χ3v) is 7.07. The first-order chi connectivity index (χ1) is 15.8. The van der Waals surface area contributed by atoms with Crippen LogP contribution >= 0.6 is 0 Å². The number of nitrogens with one attached hydrogen (secondary N) is 2. The van der Waals surface area contributed by atoms with Gasteiger partial charge in [0.1, 0.15) is 0 Å². The standard InChI is InChI=1S/C30H64N2/c1-4-7-9-11-13-15-17-19-21-23-27-31-28-25-26-30(6-3)32-29-24-22-20-18-16-14-12-10-8-5-2/h30-32H,4-29H2,1-3H3. The van der Waals surface area contributed by atoms with E-state index in [0.29, 0.717) is 0 Å². The molecule has 2 N–H and O–H groups in total. The maximum absolute atomic E-state index is 3.81. The molecule has 0 rings (SSSR count). The van der Waals surface area contributed by atoms with Crippen molar-refractivity contribution < 1.29 is 0 Å². The highest BCUT2D eigenvalue weighted by Gasteiger charge is 2.04. The molecule has 0 aliphatic rings. The molecule has 0 radical (unpaired) electrons. The van der Waals surface area contributed by atoms with Gasteiger partial charge in [0.2, 0.25) is 0 Å². The topological polar surface area (TPSA) is 24.1 Å². The second-order valence-electron chi connectivity index (χ2n) is 10.3. The van der Waals surface area contributed by atoms with Crippen LogP contribution in [0.15, 0.2) is 0 Å². The average molecular weight is 453 g/mol. The molecule has 2 heteroatoms. The number of hydrogen-bond acceptors (Lipinski definition) is 2. The molecule has 0 saturated heterocycles. The minimum absolute atomic E-state index is 0.729. The van der Waals surface area contributed by atoms with Crippen molar-refractivity contribution in [3.8, 4) is 0 Å². The van der Waals surface area contributed by atoms with Gasteiger partial charge in [-0.25, -0.2) is 0 Å². The van der Waals surface area contributed by atoms with Gasteiger partial charge in [0.15, 0.2) is 0 Å². The average Bonchev–Trinajstić information content (AvgIpc) is 2.81. The summed E-state index contributed by atoms with van der Waals surface area (Å²) in [5.41, 5.74) is 0. The zero-order valence-corrected chi connectivity index (χ0v) is 23.0. The van der Waals surface area contributed by atoms with Gasteiger partial charge < -0.3 is 10.6 Å². The van der Waals surface area contributed by atoms with Crippen molar-refractivity contribution in [3.05, 3.63) is 0 Å². The van der Waals surface area contributed by atoms with E-state index in [1.807, 2.05) is 0 Å². The van der Waals surface area contributed by atoms with Crippen molar-refractivity contribution in [2.45, 2.75) is 174 Å². The van der Waals surface area contributed by atoms with Crippen molar-refractivity contribution in [2.24, 2.45) is 0 Å². The van der Waals surface area contributed by atoms with Crippen molar-refractivity contribution >= 4 is 0 Å². The fraction of sp³-hybridized carbons (Fsp3) is 1.00. The highest BCUT2D eigenvalue weighted by Crippen LogP contribution is 2.11. The van der Waals surface area contributed by atoms with Gasteiger partial charge in [0.25, 0.3) is 0 Å². The molecule has 0 saturated carbocycles. The van der Waals surface area contributed by atoms with Gasteiger partial charge in [0, 0.05) is 6.04 Å². The Morgan fingerprint density at radius 3 is 1.22 bits per heavy atom. The Labute approximate surface area is 204 Å². The molecule has 2 nitrogen and oxygen atoms in total. The van der Waals surface area contributed by atoms with Gasteiger partial charge in [-0.3, -0.25) is 0 Å². The first-order valence-corrected chi connectivity index (χ1v) is 15.3. The minimum Gasteiger partial charge on any atom is -0.317 e. The molecule has 194 valence electrons. The normalized spacial score (nSPS) is 12.5. The minimum atomic E-state index is 0.729. The number of unbranched alkanes of at least 4 members (excludes halogenated alkanes) is 18. The fourth-order valence-corrected chi connectivity index (χ4v) is 4.71. The van der Waals surface area contributed by atoms with E-state index < -0.39 is 0 Å². The Morgan fingerprint density at radius 1 is 0.406 bits per heavy atom. The number of hydrogen-bond donors (Lipinski definition) is 2. The third-order valence-electron chi connectivity index (χ3n) is 7.07. The summed E-state index contributed by atoms with van der Waals surface area (Å²) in [6.07, 6.45) is 32.5. The van der Waals surface area contributed by atoms with Crippen LogP contribution in [0.1, 0.15) is 168 Å². The summed E-state index contributed by atoms with van der Waals surface area (Å²) >= 11 is 0. The van der Waals surface area contributed by atoms with Crippen molar-refractivity contribution in [1.29, 1.82) is 0 Å². The third kappa shape index (κ3) is 26.2. The van der Waals surface area contributed by atoms with Crippen LogP contribution in [0.2, 0.25) is 0 Å². The molecule has 0 aromatic heterocycles. The van der Waals surface area contributed by atoms with Crippen molar-refractivity contribution in [2.75, 3.05) is 19.6 Å². The lowest BCUT2D eigenvalue weighted by Gasteiger charge is -2.17. The predicted octanol–water partition coefficient (Wildman–Crippen LogP) is 9.57. The Kier molecular flexibility index (Phi) is 28.9. The predicted molar refractivity (Wildman–Crippen MR) is 148 cm³/mol. The summed E-state index contributed by atoms with van der Waals surface area (Å²) < 4.78 is 0. The Balaban J connectivity index is 3.26. The fourth-order valence-electron chi connectivity index (χ4n) is 4.71. The molecular formula is C30H64N2. The summed E-state index contributed by atoms with van der Waals surface area (Å²) in [5, 5.41) is 7.49. The van der Waals surface area contributed by atoms with E-state index in [9.17, 15) is 0 Å². The Hall–Kier alpha value is -0.0800. The zero-order chi connectivity index (χ0) is 23.4. The highest BCUT2D eigenvalue weighted by atomic mass is 14.9. The first kappa shape index (κ1) is 31.9. The van der Waals surface area contributed by atoms with Crippen molar-refractivity contribution in [3.63, 3.8) is 0 Å². The lowest BCUT2D eigenvalue weighted by atomic mass is 10.1. The van der Waals surface area contributed by atoms with Gasteiger partial charge >= 0.3 is 0 Å². The largest absolute Gasteiger partial charge is 0.317 e. The molecule has 0 aromatic rings. The summed E-state index contributed by atoms with van der Waals surface area (Å²) in [4.78, 5) is 0. The quantitative estimate of drug-likeness (QED) is 0.115. The lowest BCUT2D eigenvalue weighted by molar-refractivity contribution is 0.435. The molecule has 32 heavy (non-hydrogen) atoms. The van der Waals surface area contributed by atoms with Crippen LogP contribution in [0, 0.1) is 0 Å². The monoisotopic (exact) mass is 453 g/mol. The van der Waals surface area contributed by atoms with E-state index >= 15 is 0 Å². The van der Waals surface area contributed by atoms with Crippen LogP contribution < -0.4 is 10.6 Å². The molecule has 1 atom stereocenters. The van der Waals surface area contributed by atoms with E-state index in [2.05, 4.69) is 31.4 Å². The van der Waals surface area contributed by atoms with Crippen LogP contribution in [0.3, 0.4) is 0 Å². The van der Waals surface area contributed by atoms with Gasteiger partial charge in [-0.2, -0.15) is 0 Å². The molecule has 0 fully saturated rings. The van der Waals surface area contributed by atoms with Crippen molar-refractivity contribution in [1.82, 2.24) is 10.6 Å². The SMILES string of the molecule is CCCCCCCCCCCCNCCCC(CC)NCCCCCCCCCCCC. The Morgan fingerprint density at radius 2 is 0.781 bits per heavy atom. The van der Waals surface area contributed by atoms with E-state index in [1.54, 1.807) is 0 Å². The molecule has 0 aromatic carbocycles. The van der Waals surface area contributed by atoms with E-state index in [-0.39, 0.29) is 0 Å². The molecule has 0 heterocycles. The number of rotatable bonds is 28. The molecule has 0 aliphatic heterocycles. The van der Waals surface area contributed by atoms with Gasteiger partial charge in [-0.15, -0.1) is 0 Å². The first-order valence-electron chi connectivity index (χ1n) is 15.3. The Bertz CT molecular complexity index is 318. The molecule has 0 aliphatic carbocycles. The summed E-state index contributed by atoms with van der Waals surface area (Å²) in [6, 6.07) is 0.729. The lowest BCUT2D eigenvalue weighted by Crippen LogP contribution is -2.30. The molecule has 0 amide bonds. The van der Waals surface area contributed by atoms with Gasteiger partial charge in [-0.05, 0) is 51.7 Å². The van der Waals surface area contributed by atoms with Crippen LogP contribution in [0.5, 0.6) is 0 Å². The maximum atomic E-state index is 3.81. The molecule has 0 spiro atoms. The second-order valence-corrected chi connectivity index (χ2v) is 10.3. The van der Waals surface area contributed by atoms with Crippen LogP contribution in [0.25, 0.3) is 0 Å². The van der Waals surface area contributed by atoms with E-state index in [0.717, 1.165) is 6.04 Å².